The number of hydrogen-bond donors (Lipinski definition) is 0. The molecule has 0 aromatic heterocycles. The first-order valence-electron chi connectivity index (χ1n) is 6.57. The monoisotopic (exact) mass is 254 g/mol. The maximum atomic E-state index is 11.3. The molecule has 0 radical (unpaired) electrons. The van der Waals surface area contributed by atoms with Crippen molar-refractivity contribution in [2.45, 2.75) is 53.9 Å². The highest BCUT2D eigenvalue weighted by Crippen LogP contribution is 2.15. The first kappa shape index (κ1) is 16.8. The standard InChI is InChI=1S/C14H26N2O2/c1-7-11(4)13(16-15-10(2)3)9-8-12(5)14(17)18-6/h11-12H,7-9H2,1-6H3/b16-13-. The molecule has 0 heterocycles. The van der Waals surface area contributed by atoms with Crippen LogP contribution in [0.15, 0.2) is 10.2 Å². The summed E-state index contributed by atoms with van der Waals surface area (Å²) in [4.78, 5) is 11.3. The molecule has 0 rings (SSSR count). The molecule has 0 aliphatic heterocycles. The Hall–Kier alpha value is -1.19. The summed E-state index contributed by atoms with van der Waals surface area (Å²) in [5.41, 5.74) is 2.01. The van der Waals surface area contributed by atoms with Gasteiger partial charge < -0.3 is 4.74 Å². The van der Waals surface area contributed by atoms with Gasteiger partial charge in [0.05, 0.1) is 13.0 Å². The maximum Gasteiger partial charge on any atom is 0.308 e. The van der Waals surface area contributed by atoms with Crippen molar-refractivity contribution in [3.63, 3.8) is 0 Å². The Kier molecular flexibility index (Phi) is 8.25. The van der Waals surface area contributed by atoms with E-state index in [0.717, 1.165) is 30.7 Å². The largest absolute Gasteiger partial charge is 0.469 e. The molecule has 0 fully saturated rings. The van der Waals surface area contributed by atoms with E-state index in [4.69, 9.17) is 4.74 Å². The number of esters is 1. The molecule has 0 aromatic carbocycles. The smallest absolute Gasteiger partial charge is 0.308 e. The predicted molar refractivity (Wildman–Crippen MR) is 76.1 cm³/mol. The van der Waals surface area contributed by atoms with Crippen molar-refractivity contribution in [3.05, 3.63) is 0 Å². The minimum Gasteiger partial charge on any atom is -0.469 e. The highest BCUT2D eigenvalue weighted by Gasteiger charge is 2.16. The van der Waals surface area contributed by atoms with E-state index in [-0.39, 0.29) is 11.9 Å². The highest BCUT2D eigenvalue weighted by atomic mass is 16.5. The van der Waals surface area contributed by atoms with Crippen LogP contribution in [0.1, 0.15) is 53.9 Å². The SMILES string of the molecule is CCC(C)/C(CCC(C)C(=O)OC)=N\N=C(C)C. The Morgan fingerprint density at radius 3 is 2.22 bits per heavy atom. The van der Waals surface area contributed by atoms with E-state index in [2.05, 4.69) is 24.1 Å². The minimum atomic E-state index is -0.159. The Labute approximate surface area is 111 Å². The van der Waals surface area contributed by atoms with Crippen molar-refractivity contribution in [1.29, 1.82) is 0 Å². The molecule has 2 unspecified atom stereocenters. The summed E-state index contributed by atoms with van der Waals surface area (Å²) in [5, 5.41) is 8.43. The van der Waals surface area contributed by atoms with Crippen LogP contribution in [0.4, 0.5) is 0 Å². The molecule has 4 heteroatoms. The zero-order valence-corrected chi connectivity index (χ0v) is 12.5. The average Bonchev–Trinajstić information content (AvgIpc) is 2.36. The molecule has 0 aliphatic rings. The number of carbonyl (C=O) groups excluding carboxylic acids is 1. The number of ether oxygens (including phenoxy) is 1. The fraction of sp³-hybridized carbons (Fsp3) is 0.786. The van der Waals surface area contributed by atoms with Gasteiger partial charge in [0.25, 0.3) is 0 Å². The molecular weight excluding hydrogens is 228 g/mol. The molecule has 0 aliphatic carbocycles. The first-order valence-corrected chi connectivity index (χ1v) is 6.57. The summed E-state index contributed by atoms with van der Waals surface area (Å²) in [6.07, 6.45) is 2.58. The Bertz CT molecular complexity index is 318. The zero-order chi connectivity index (χ0) is 14.1. The molecular formula is C14H26N2O2. The van der Waals surface area contributed by atoms with Crippen LogP contribution in [-0.2, 0) is 9.53 Å². The van der Waals surface area contributed by atoms with Crippen LogP contribution in [0, 0.1) is 11.8 Å². The van der Waals surface area contributed by atoms with E-state index in [1.807, 2.05) is 20.8 Å². The first-order chi connectivity index (χ1) is 8.42. The zero-order valence-electron chi connectivity index (χ0n) is 12.5. The van der Waals surface area contributed by atoms with Gasteiger partial charge in [0.2, 0.25) is 0 Å². The Morgan fingerprint density at radius 1 is 1.17 bits per heavy atom. The third-order valence-corrected chi connectivity index (χ3v) is 3.00. The lowest BCUT2D eigenvalue weighted by atomic mass is 9.95. The molecule has 4 nitrogen and oxygen atoms in total. The van der Waals surface area contributed by atoms with Gasteiger partial charge in [0, 0.05) is 11.4 Å². The normalized spacial score (nSPS) is 14.9. The summed E-state index contributed by atoms with van der Waals surface area (Å²) in [6, 6.07) is 0. The molecule has 0 saturated heterocycles. The van der Waals surface area contributed by atoms with Crippen LogP contribution in [-0.4, -0.2) is 24.5 Å². The number of nitrogens with zero attached hydrogens (tertiary/aromatic N) is 2. The lowest BCUT2D eigenvalue weighted by Crippen LogP contribution is -2.17. The van der Waals surface area contributed by atoms with Gasteiger partial charge in [0.15, 0.2) is 0 Å². The predicted octanol–water partition coefficient (Wildman–Crippen LogP) is 3.46. The lowest BCUT2D eigenvalue weighted by Gasteiger charge is -2.14. The molecule has 0 aromatic rings. The quantitative estimate of drug-likeness (QED) is 0.397. The third kappa shape index (κ3) is 6.52. The lowest BCUT2D eigenvalue weighted by molar-refractivity contribution is -0.144. The van der Waals surface area contributed by atoms with Gasteiger partial charge in [0.1, 0.15) is 0 Å². The molecule has 0 amide bonds. The fourth-order valence-electron chi connectivity index (χ4n) is 1.48. The number of rotatable bonds is 7. The van der Waals surface area contributed by atoms with Crippen molar-refractivity contribution >= 4 is 17.4 Å². The molecule has 104 valence electrons. The van der Waals surface area contributed by atoms with Gasteiger partial charge >= 0.3 is 5.97 Å². The van der Waals surface area contributed by atoms with Crippen LogP contribution in [0.2, 0.25) is 0 Å². The van der Waals surface area contributed by atoms with Crippen molar-refractivity contribution < 1.29 is 9.53 Å². The van der Waals surface area contributed by atoms with Crippen molar-refractivity contribution in [3.8, 4) is 0 Å². The van der Waals surface area contributed by atoms with E-state index in [0.29, 0.717) is 5.92 Å². The number of hydrogen-bond acceptors (Lipinski definition) is 4. The van der Waals surface area contributed by atoms with Gasteiger partial charge in [-0.1, -0.05) is 20.8 Å². The van der Waals surface area contributed by atoms with Gasteiger partial charge in [-0.2, -0.15) is 10.2 Å². The van der Waals surface area contributed by atoms with Gasteiger partial charge in [-0.15, -0.1) is 0 Å². The molecule has 18 heavy (non-hydrogen) atoms. The second-order valence-corrected chi connectivity index (χ2v) is 4.91. The van der Waals surface area contributed by atoms with E-state index in [1.165, 1.54) is 7.11 Å². The van der Waals surface area contributed by atoms with Crippen LogP contribution in [0.5, 0.6) is 0 Å². The minimum absolute atomic E-state index is 0.0871. The molecule has 0 saturated carbocycles. The average molecular weight is 254 g/mol. The summed E-state index contributed by atoms with van der Waals surface area (Å²) < 4.78 is 4.72. The topological polar surface area (TPSA) is 51.0 Å². The van der Waals surface area contributed by atoms with E-state index >= 15 is 0 Å². The molecule has 0 spiro atoms. The van der Waals surface area contributed by atoms with E-state index in [9.17, 15) is 4.79 Å². The van der Waals surface area contributed by atoms with E-state index in [1.54, 1.807) is 0 Å². The molecule has 0 bridgehead atoms. The van der Waals surface area contributed by atoms with Gasteiger partial charge in [-0.05, 0) is 39.0 Å². The Balaban J connectivity index is 4.57. The van der Waals surface area contributed by atoms with Crippen LogP contribution in [0.25, 0.3) is 0 Å². The van der Waals surface area contributed by atoms with Crippen molar-refractivity contribution in [2.75, 3.05) is 7.11 Å². The third-order valence-electron chi connectivity index (χ3n) is 3.00. The summed E-state index contributed by atoms with van der Waals surface area (Å²) in [7, 11) is 1.42. The van der Waals surface area contributed by atoms with Gasteiger partial charge in [-0.3, -0.25) is 4.79 Å². The van der Waals surface area contributed by atoms with Crippen molar-refractivity contribution in [2.24, 2.45) is 22.0 Å². The van der Waals surface area contributed by atoms with Crippen LogP contribution < -0.4 is 0 Å². The van der Waals surface area contributed by atoms with Gasteiger partial charge in [-0.25, -0.2) is 0 Å². The highest BCUT2D eigenvalue weighted by molar-refractivity contribution is 5.88. The van der Waals surface area contributed by atoms with Crippen molar-refractivity contribution in [1.82, 2.24) is 0 Å². The summed E-state index contributed by atoms with van der Waals surface area (Å²) >= 11 is 0. The molecule has 0 N–H and O–H groups in total. The fourth-order valence-corrected chi connectivity index (χ4v) is 1.48. The van der Waals surface area contributed by atoms with Crippen LogP contribution in [0.3, 0.4) is 0 Å². The second kappa shape index (κ2) is 8.84. The van der Waals surface area contributed by atoms with E-state index < -0.39 is 0 Å². The summed E-state index contributed by atoms with van der Waals surface area (Å²) in [5.74, 6) is 0.155. The maximum absolute atomic E-state index is 11.3. The van der Waals surface area contributed by atoms with Crippen LogP contribution >= 0.6 is 0 Å². The number of methoxy groups -OCH3 is 1. The number of carbonyl (C=O) groups is 1. The molecule has 2 atom stereocenters. The Morgan fingerprint density at radius 2 is 1.78 bits per heavy atom. The summed E-state index contributed by atoms with van der Waals surface area (Å²) in [6.45, 7) is 10.0. The second-order valence-electron chi connectivity index (χ2n) is 4.91.